The van der Waals surface area contributed by atoms with Crippen molar-refractivity contribution in [1.29, 1.82) is 0 Å². The third kappa shape index (κ3) is 3.40. The number of nitrogen functional groups attached to an aromatic ring is 1. The molecule has 0 amide bonds. The molecule has 0 saturated heterocycles. The van der Waals surface area contributed by atoms with E-state index in [9.17, 15) is 4.79 Å². The van der Waals surface area contributed by atoms with Crippen LogP contribution in [0, 0.1) is 6.92 Å². The molecular formula is C15H24N2O2. The van der Waals surface area contributed by atoms with Gasteiger partial charge < -0.3 is 15.4 Å². The maximum atomic E-state index is 11.7. The summed E-state index contributed by atoms with van der Waals surface area (Å²) in [5, 5.41) is 0. The summed E-state index contributed by atoms with van der Waals surface area (Å²) < 4.78 is 4.78. The first-order chi connectivity index (χ1) is 8.92. The number of carbonyl (C=O) groups excluding carboxylic acids is 1. The van der Waals surface area contributed by atoms with Gasteiger partial charge in [0.2, 0.25) is 0 Å². The van der Waals surface area contributed by atoms with Crippen molar-refractivity contribution in [2.45, 2.75) is 39.7 Å². The third-order valence-corrected chi connectivity index (χ3v) is 3.55. The first-order valence-corrected chi connectivity index (χ1v) is 6.63. The van der Waals surface area contributed by atoms with Crippen LogP contribution in [0.4, 0.5) is 11.4 Å². The number of anilines is 2. The van der Waals surface area contributed by atoms with Crippen LogP contribution in [-0.4, -0.2) is 26.2 Å². The molecule has 0 aromatic heterocycles. The highest BCUT2D eigenvalue weighted by molar-refractivity contribution is 5.97. The molecule has 106 valence electrons. The van der Waals surface area contributed by atoms with Crippen molar-refractivity contribution in [3.05, 3.63) is 23.3 Å². The zero-order chi connectivity index (χ0) is 14.6. The highest BCUT2D eigenvalue weighted by Crippen LogP contribution is 2.27. The van der Waals surface area contributed by atoms with Crippen LogP contribution in [0.15, 0.2) is 12.1 Å². The predicted octanol–water partition coefficient (Wildman–Crippen LogP) is 2.99. The number of rotatable bonds is 5. The van der Waals surface area contributed by atoms with E-state index in [0.717, 1.165) is 24.1 Å². The van der Waals surface area contributed by atoms with Crippen LogP contribution in [0.3, 0.4) is 0 Å². The van der Waals surface area contributed by atoms with Crippen molar-refractivity contribution in [2.75, 3.05) is 24.8 Å². The van der Waals surface area contributed by atoms with Gasteiger partial charge in [0.05, 0.1) is 12.7 Å². The molecule has 1 aromatic carbocycles. The molecule has 0 spiro atoms. The second kappa shape index (κ2) is 6.45. The van der Waals surface area contributed by atoms with Crippen molar-refractivity contribution in [3.63, 3.8) is 0 Å². The molecule has 0 heterocycles. The SMILES string of the molecule is CCCC(C)N(C)c1cc(C)c(N)c(C(=O)OC)c1. The Morgan fingerprint density at radius 3 is 2.63 bits per heavy atom. The second-order valence-electron chi connectivity index (χ2n) is 4.96. The number of aryl methyl sites for hydroxylation is 1. The van der Waals surface area contributed by atoms with E-state index in [1.807, 2.05) is 20.0 Å². The van der Waals surface area contributed by atoms with Gasteiger partial charge in [0.15, 0.2) is 0 Å². The van der Waals surface area contributed by atoms with Crippen molar-refractivity contribution in [1.82, 2.24) is 0 Å². The highest BCUT2D eigenvalue weighted by Gasteiger charge is 2.17. The molecule has 0 saturated carbocycles. The summed E-state index contributed by atoms with van der Waals surface area (Å²) >= 11 is 0. The van der Waals surface area contributed by atoms with E-state index in [1.165, 1.54) is 7.11 Å². The summed E-state index contributed by atoms with van der Waals surface area (Å²) in [6, 6.07) is 4.23. The molecule has 1 atom stereocenters. The number of benzene rings is 1. The summed E-state index contributed by atoms with van der Waals surface area (Å²) in [4.78, 5) is 13.9. The standard InChI is InChI=1S/C15H24N2O2/c1-6-7-11(3)17(4)12-8-10(2)14(16)13(9-12)15(18)19-5/h8-9,11H,6-7,16H2,1-5H3. The van der Waals surface area contributed by atoms with Crippen LogP contribution in [0.2, 0.25) is 0 Å². The van der Waals surface area contributed by atoms with Crippen LogP contribution in [-0.2, 0) is 4.74 Å². The van der Waals surface area contributed by atoms with E-state index in [0.29, 0.717) is 17.3 Å². The van der Waals surface area contributed by atoms with E-state index in [4.69, 9.17) is 10.5 Å². The first-order valence-electron chi connectivity index (χ1n) is 6.63. The molecule has 1 aromatic rings. The van der Waals surface area contributed by atoms with Crippen LogP contribution >= 0.6 is 0 Å². The maximum absolute atomic E-state index is 11.7. The molecule has 4 heteroatoms. The molecule has 1 rings (SSSR count). The molecule has 1 unspecified atom stereocenters. The summed E-state index contributed by atoms with van der Waals surface area (Å²) in [7, 11) is 3.40. The van der Waals surface area contributed by atoms with E-state index >= 15 is 0 Å². The minimum atomic E-state index is -0.390. The zero-order valence-corrected chi connectivity index (χ0v) is 12.5. The number of esters is 1. The molecular weight excluding hydrogens is 240 g/mol. The van der Waals surface area contributed by atoms with Gasteiger partial charge in [-0.25, -0.2) is 4.79 Å². The van der Waals surface area contributed by atoms with Crippen molar-refractivity contribution < 1.29 is 9.53 Å². The normalized spacial score (nSPS) is 12.1. The molecule has 2 N–H and O–H groups in total. The Morgan fingerprint density at radius 1 is 1.47 bits per heavy atom. The van der Waals surface area contributed by atoms with Gasteiger partial charge in [0.1, 0.15) is 0 Å². The average molecular weight is 264 g/mol. The smallest absolute Gasteiger partial charge is 0.340 e. The Balaban J connectivity index is 3.16. The molecule has 0 bridgehead atoms. The van der Waals surface area contributed by atoms with Crippen LogP contribution in [0.5, 0.6) is 0 Å². The molecule has 0 aliphatic rings. The van der Waals surface area contributed by atoms with Gasteiger partial charge in [-0.05, 0) is 38.0 Å². The van der Waals surface area contributed by atoms with Gasteiger partial charge in [-0.15, -0.1) is 0 Å². The molecule has 19 heavy (non-hydrogen) atoms. The highest BCUT2D eigenvalue weighted by atomic mass is 16.5. The monoisotopic (exact) mass is 264 g/mol. The summed E-state index contributed by atoms with van der Waals surface area (Å²) in [6.07, 6.45) is 2.23. The van der Waals surface area contributed by atoms with Gasteiger partial charge in [0, 0.05) is 24.5 Å². The molecule has 0 aliphatic heterocycles. The van der Waals surface area contributed by atoms with E-state index in [2.05, 4.69) is 18.7 Å². The quantitative estimate of drug-likeness (QED) is 0.656. The van der Waals surface area contributed by atoms with Gasteiger partial charge in [-0.3, -0.25) is 0 Å². The van der Waals surface area contributed by atoms with Gasteiger partial charge >= 0.3 is 5.97 Å². The van der Waals surface area contributed by atoms with Crippen LogP contribution in [0.1, 0.15) is 42.6 Å². The minimum Gasteiger partial charge on any atom is -0.465 e. The Morgan fingerprint density at radius 2 is 2.11 bits per heavy atom. The number of hydrogen-bond donors (Lipinski definition) is 1. The van der Waals surface area contributed by atoms with Gasteiger partial charge in [0.25, 0.3) is 0 Å². The van der Waals surface area contributed by atoms with Gasteiger partial charge in [-0.2, -0.15) is 0 Å². The lowest BCUT2D eigenvalue weighted by Crippen LogP contribution is -2.29. The van der Waals surface area contributed by atoms with Gasteiger partial charge in [-0.1, -0.05) is 13.3 Å². The number of nitrogens with zero attached hydrogens (tertiary/aromatic N) is 1. The lowest BCUT2D eigenvalue weighted by molar-refractivity contribution is 0.0602. The number of ether oxygens (including phenoxy) is 1. The second-order valence-corrected chi connectivity index (χ2v) is 4.96. The van der Waals surface area contributed by atoms with E-state index in [1.54, 1.807) is 6.07 Å². The van der Waals surface area contributed by atoms with Crippen molar-refractivity contribution >= 4 is 17.3 Å². The first kappa shape index (κ1) is 15.3. The molecule has 0 fully saturated rings. The minimum absolute atomic E-state index is 0.390. The Bertz CT molecular complexity index is 458. The van der Waals surface area contributed by atoms with Crippen molar-refractivity contribution in [2.24, 2.45) is 0 Å². The summed E-state index contributed by atoms with van der Waals surface area (Å²) in [5.74, 6) is -0.390. The number of methoxy groups -OCH3 is 1. The molecule has 0 radical (unpaired) electrons. The predicted molar refractivity (Wildman–Crippen MR) is 79.7 cm³/mol. The Kier molecular flexibility index (Phi) is 5.21. The fourth-order valence-corrected chi connectivity index (χ4v) is 2.13. The Labute approximate surface area is 115 Å². The average Bonchev–Trinajstić information content (AvgIpc) is 2.40. The fraction of sp³-hybridized carbons (Fsp3) is 0.533. The lowest BCUT2D eigenvalue weighted by atomic mass is 10.0. The number of carbonyl (C=O) groups is 1. The Hall–Kier alpha value is -1.71. The summed E-state index contributed by atoms with van der Waals surface area (Å²) in [5.41, 5.74) is 8.76. The number of hydrogen-bond acceptors (Lipinski definition) is 4. The topological polar surface area (TPSA) is 55.6 Å². The van der Waals surface area contributed by atoms with E-state index < -0.39 is 0 Å². The third-order valence-electron chi connectivity index (χ3n) is 3.55. The van der Waals surface area contributed by atoms with Crippen molar-refractivity contribution in [3.8, 4) is 0 Å². The number of nitrogens with two attached hydrogens (primary N) is 1. The maximum Gasteiger partial charge on any atom is 0.340 e. The summed E-state index contributed by atoms with van der Waals surface area (Å²) in [6.45, 7) is 6.25. The molecule has 0 aliphatic carbocycles. The largest absolute Gasteiger partial charge is 0.465 e. The van der Waals surface area contributed by atoms with E-state index in [-0.39, 0.29) is 5.97 Å². The zero-order valence-electron chi connectivity index (χ0n) is 12.5. The van der Waals surface area contributed by atoms with Crippen LogP contribution < -0.4 is 10.6 Å². The lowest BCUT2D eigenvalue weighted by Gasteiger charge is -2.28. The molecule has 4 nitrogen and oxygen atoms in total. The van der Waals surface area contributed by atoms with Crippen LogP contribution in [0.25, 0.3) is 0 Å². The fourth-order valence-electron chi connectivity index (χ4n) is 2.13.